The third-order valence-corrected chi connectivity index (χ3v) is 5.59. The number of methoxy groups -OCH3 is 1. The predicted molar refractivity (Wildman–Crippen MR) is 117 cm³/mol. The second-order valence-electron chi connectivity index (χ2n) is 9.30. The summed E-state index contributed by atoms with van der Waals surface area (Å²) in [7, 11) is 1.53. The Morgan fingerprint density at radius 2 is 1.97 bits per heavy atom. The van der Waals surface area contributed by atoms with Gasteiger partial charge in [0.1, 0.15) is 11.4 Å². The number of aromatic hydroxyl groups is 1. The third-order valence-electron chi connectivity index (χ3n) is 5.59. The number of carbonyl (C=O) groups excluding carboxylic acids is 1. The maximum Gasteiger partial charge on any atom is 0.407 e. The van der Waals surface area contributed by atoms with Gasteiger partial charge in [0.15, 0.2) is 0 Å². The average molecular weight is 432 g/mol. The number of pyridine rings is 2. The van der Waals surface area contributed by atoms with Crippen molar-refractivity contribution in [3.63, 3.8) is 0 Å². The minimum atomic E-state index is -0.607. The fourth-order valence-electron chi connectivity index (χ4n) is 4.13. The lowest BCUT2D eigenvalue weighted by atomic mass is 9.82. The largest absolute Gasteiger partial charge is 0.506 e. The van der Waals surface area contributed by atoms with Crippen molar-refractivity contribution >= 4 is 17.1 Å². The number of alkyl carbamates (subject to hydrolysis) is 1. The molecule has 1 aliphatic rings. The molecule has 0 saturated heterocycles. The van der Waals surface area contributed by atoms with E-state index in [1.165, 1.54) is 13.3 Å². The maximum absolute atomic E-state index is 12.0. The minimum absolute atomic E-state index is 0.0255. The second kappa shape index (κ2) is 9.68. The number of fused-ring (bicyclic) bond motifs is 1. The number of hydrogen-bond donors (Lipinski definition) is 3. The molecule has 0 aliphatic heterocycles. The molecule has 3 N–H and O–H groups in total. The van der Waals surface area contributed by atoms with Crippen molar-refractivity contribution in [2.45, 2.75) is 77.0 Å². The van der Waals surface area contributed by atoms with E-state index in [4.69, 9.17) is 9.47 Å². The summed E-state index contributed by atoms with van der Waals surface area (Å²) in [5, 5.41) is 24.0. The number of hydrogen-bond acceptors (Lipinski definition) is 7. The highest BCUT2D eigenvalue weighted by Gasteiger charge is 2.26. The summed E-state index contributed by atoms with van der Waals surface area (Å²) < 4.78 is 10.5. The van der Waals surface area contributed by atoms with Crippen molar-refractivity contribution in [2.75, 3.05) is 7.11 Å². The number of carbonyl (C=O) groups is 1. The monoisotopic (exact) mass is 431 g/mol. The predicted octanol–water partition coefficient (Wildman–Crippen LogP) is 3.72. The molecule has 2 aromatic heterocycles. The van der Waals surface area contributed by atoms with Crippen LogP contribution in [0.3, 0.4) is 0 Å². The number of amides is 1. The standard InChI is InChI=1S/C23H33N3O5/c1-23(2,3)31-22(29)25-15-7-5-14(6-8-15)11-16(27)12-17-19(28)13-24-18-9-10-20(30-4)26-21(17)18/h9-10,13-16,27-28H,5-8,11-12H2,1-4H3,(H,25,29)/t14-,15-,16?. The molecule has 1 saturated carbocycles. The lowest BCUT2D eigenvalue weighted by Crippen LogP contribution is -2.41. The molecule has 1 amide bonds. The van der Waals surface area contributed by atoms with E-state index in [0.29, 0.717) is 41.2 Å². The van der Waals surface area contributed by atoms with Crippen LogP contribution < -0.4 is 10.1 Å². The Kier molecular flexibility index (Phi) is 7.20. The van der Waals surface area contributed by atoms with Crippen LogP contribution in [0.15, 0.2) is 18.3 Å². The van der Waals surface area contributed by atoms with Crippen molar-refractivity contribution < 1.29 is 24.5 Å². The molecule has 0 bridgehead atoms. The first kappa shape index (κ1) is 23.1. The second-order valence-corrected chi connectivity index (χ2v) is 9.30. The summed E-state index contributed by atoms with van der Waals surface area (Å²) in [5.41, 5.74) is 1.27. The van der Waals surface area contributed by atoms with Gasteiger partial charge >= 0.3 is 6.09 Å². The van der Waals surface area contributed by atoms with E-state index in [9.17, 15) is 15.0 Å². The molecule has 170 valence electrons. The third kappa shape index (κ3) is 6.43. The zero-order chi connectivity index (χ0) is 22.6. The van der Waals surface area contributed by atoms with Gasteiger partial charge in [-0.2, -0.15) is 0 Å². The van der Waals surface area contributed by atoms with Crippen LogP contribution in [0.1, 0.15) is 58.4 Å². The van der Waals surface area contributed by atoms with E-state index in [-0.39, 0.29) is 17.9 Å². The van der Waals surface area contributed by atoms with Crippen LogP contribution in [0.4, 0.5) is 4.79 Å². The number of aromatic nitrogens is 2. The Bertz CT molecular complexity index is 904. The summed E-state index contributed by atoms with van der Waals surface area (Å²) >= 11 is 0. The zero-order valence-corrected chi connectivity index (χ0v) is 18.7. The Morgan fingerprint density at radius 1 is 1.26 bits per heavy atom. The summed E-state index contributed by atoms with van der Waals surface area (Å²) in [6.07, 6.45) is 4.90. The Morgan fingerprint density at radius 3 is 2.61 bits per heavy atom. The number of rotatable bonds is 6. The molecule has 8 nitrogen and oxygen atoms in total. The molecule has 0 radical (unpaired) electrons. The van der Waals surface area contributed by atoms with Gasteiger partial charge in [-0.1, -0.05) is 0 Å². The molecule has 3 rings (SSSR count). The highest BCUT2D eigenvalue weighted by Crippen LogP contribution is 2.31. The molecule has 1 atom stereocenters. The van der Waals surface area contributed by atoms with Crippen molar-refractivity contribution in [1.82, 2.24) is 15.3 Å². The fraction of sp³-hybridized carbons (Fsp3) is 0.609. The molecule has 2 aromatic rings. The first-order valence-electron chi connectivity index (χ1n) is 10.8. The Hall–Kier alpha value is -2.61. The summed E-state index contributed by atoms with van der Waals surface area (Å²) in [5.74, 6) is 0.827. The van der Waals surface area contributed by atoms with Gasteiger partial charge in [0.05, 0.1) is 30.4 Å². The van der Waals surface area contributed by atoms with Gasteiger partial charge in [-0.05, 0) is 64.9 Å². The van der Waals surface area contributed by atoms with Crippen molar-refractivity contribution in [3.05, 3.63) is 23.9 Å². The molecular formula is C23H33N3O5. The van der Waals surface area contributed by atoms with Gasteiger partial charge in [0, 0.05) is 24.1 Å². The molecule has 1 fully saturated rings. The van der Waals surface area contributed by atoms with E-state index in [1.54, 1.807) is 12.1 Å². The summed E-state index contributed by atoms with van der Waals surface area (Å²) in [4.78, 5) is 20.6. The molecule has 0 aromatic carbocycles. The van der Waals surface area contributed by atoms with Gasteiger partial charge in [-0.15, -0.1) is 0 Å². The van der Waals surface area contributed by atoms with E-state index in [0.717, 1.165) is 25.7 Å². The quantitative estimate of drug-likeness (QED) is 0.639. The van der Waals surface area contributed by atoms with Gasteiger partial charge in [-0.25, -0.2) is 9.78 Å². The number of ether oxygens (including phenoxy) is 2. The van der Waals surface area contributed by atoms with E-state index in [1.807, 2.05) is 20.8 Å². The molecule has 1 aliphatic carbocycles. The first-order chi connectivity index (χ1) is 14.6. The molecular weight excluding hydrogens is 398 g/mol. The Labute approximate surface area is 183 Å². The normalized spacial score (nSPS) is 20.3. The van der Waals surface area contributed by atoms with E-state index >= 15 is 0 Å². The van der Waals surface area contributed by atoms with Crippen LogP contribution in [0.25, 0.3) is 11.0 Å². The number of nitrogens with zero attached hydrogens (tertiary/aromatic N) is 2. The van der Waals surface area contributed by atoms with Crippen LogP contribution in [0, 0.1) is 5.92 Å². The zero-order valence-electron chi connectivity index (χ0n) is 18.7. The van der Waals surface area contributed by atoms with Gasteiger partial charge in [0.2, 0.25) is 5.88 Å². The molecule has 8 heteroatoms. The van der Waals surface area contributed by atoms with Crippen LogP contribution in [0.5, 0.6) is 11.6 Å². The van der Waals surface area contributed by atoms with Crippen LogP contribution in [-0.2, 0) is 11.2 Å². The average Bonchev–Trinajstić information content (AvgIpc) is 2.70. The number of aliphatic hydroxyl groups excluding tert-OH is 1. The van der Waals surface area contributed by atoms with Gasteiger partial charge < -0.3 is 25.0 Å². The van der Waals surface area contributed by atoms with Crippen LogP contribution >= 0.6 is 0 Å². The maximum atomic E-state index is 12.0. The van der Waals surface area contributed by atoms with Crippen LogP contribution in [0.2, 0.25) is 0 Å². The van der Waals surface area contributed by atoms with Gasteiger partial charge in [-0.3, -0.25) is 4.98 Å². The van der Waals surface area contributed by atoms with E-state index in [2.05, 4.69) is 15.3 Å². The number of nitrogens with one attached hydrogen (secondary N) is 1. The SMILES string of the molecule is COc1ccc2ncc(O)c(CC(O)C[C@H]3CC[C@H](NC(=O)OC(C)(C)C)CC3)c2n1. The fourth-order valence-corrected chi connectivity index (χ4v) is 4.13. The first-order valence-corrected chi connectivity index (χ1v) is 10.8. The molecule has 1 unspecified atom stereocenters. The smallest absolute Gasteiger partial charge is 0.407 e. The highest BCUT2D eigenvalue weighted by molar-refractivity contribution is 5.80. The number of aliphatic hydroxyl groups is 1. The van der Waals surface area contributed by atoms with Crippen molar-refractivity contribution in [3.8, 4) is 11.6 Å². The van der Waals surface area contributed by atoms with Crippen molar-refractivity contribution in [2.24, 2.45) is 5.92 Å². The summed E-state index contributed by atoms with van der Waals surface area (Å²) in [6.45, 7) is 5.54. The molecule has 0 spiro atoms. The topological polar surface area (TPSA) is 114 Å². The molecule has 2 heterocycles. The highest BCUT2D eigenvalue weighted by atomic mass is 16.6. The molecule has 31 heavy (non-hydrogen) atoms. The van der Waals surface area contributed by atoms with Crippen LogP contribution in [-0.4, -0.2) is 51.1 Å². The lowest BCUT2D eigenvalue weighted by molar-refractivity contribution is 0.0479. The summed E-state index contributed by atoms with van der Waals surface area (Å²) in [6, 6.07) is 3.61. The lowest BCUT2D eigenvalue weighted by Gasteiger charge is -2.31. The van der Waals surface area contributed by atoms with Gasteiger partial charge in [0.25, 0.3) is 0 Å². The van der Waals surface area contributed by atoms with E-state index < -0.39 is 11.7 Å². The Balaban J connectivity index is 1.55. The van der Waals surface area contributed by atoms with Crippen molar-refractivity contribution in [1.29, 1.82) is 0 Å². The minimum Gasteiger partial charge on any atom is -0.506 e.